The van der Waals surface area contributed by atoms with Gasteiger partial charge in [0.1, 0.15) is 6.54 Å². The Bertz CT molecular complexity index is 452. The van der Waals surface area contributed by atoms with Gasteiger partial charge in [0, 0.05) is 12.2 Å². The molecular formula is C11H19N5O2. The number of nitrogens with two attached hydrogens (primary N) is 2. The first-order valence-corrected chi connectivity index (χ1v) is 5.73. The summed E-state index contributed by atoms with van der Waals surface area (Å²) in [5.41, 5.74) is 10.8. The average Bonchev–Trinajstić information content (AvgIpc) is 2.58. The Morgan fingerprint density at radius 1 is 1.44 bits per heavy atom. The van der Waals surface area contributed by atoms with Crippen molar-refractivity contribution in [2.24, 2.45) is 11.7 Å². The zero-order valence-corrected chi connectivity index (χ0v) is 10.8. The smallest absolute Gasteiger partial charge is 0.271 e. The molecule has 5 N–H and O–H groups in total. The van der Waals surface area contributed by atoms with Crippen molar-refractivity contribution in [3.05, 3.63) is 11.9 Å². The number of nitrogens with zero attached hydrogens (tertiary/aromatic N) is 2. The van der Waals surface area contributed by atoms with Crippen LogP contribution in [-0.4, -0.2) is 27.6 Å². The molecule has 1 rings (SSSR count). The van der Waals surface area contributed by atoms with E-state index in [1.54, 1.807) is 0 Å². The molecule has 1 aromatic rings. The van der Waals surface area contributed by atoms with Crippen LogP contribution in [0.3, 0.4) is 0 Å². The second kappa shape index (κ2) is 5.52. The van der Waals surface area contributed by atoms with Crippen molar-refractivity contribution in [2.75, 3.05) is 5.73 Å². The molecule has 18 heavy (non-hydrogen) atoms. The van der Waals surface area contributed by atoms with Crippen molar-refractivity contribution in [1.29, 1.82) is 0 Å². The minimum atomic E-state index is -0.706. The lowest BCUT2D eigenvalue weighted by atomic mass is 10.1. The zero-order chi connectivity index (χ0) is 13.9. The first-order valence-electron chi connectivity index (χ1n) is 5.73. The summed E-state index contributed by atoms with van der Waals surface area (Å²) in [5, 5.41) is 6.69. The number of nitrogen functional groups attached to an aromatic ring is 1. The number of carbonyl (C=O) groups excluding carboxylic acids is 2. The molecule has 7 nitrogen and oxygen atoms in total. The Labute approximate surface area is 106 Å². The van der Waals surface area contributed by atoms with E-state index < -0.39 is 5.91 Å². The number of rotatable bonds is 5. The van der Waals surface area contributed by atoms with Gasteiger partial charge in [0.2, 0.25) is 5.91 Å². The lowest BCUT2D eigenvalue weighted by molar-refractivity contribution is -0.122. The van der Waals surface area contributed by atoms with Crippen LogP contribution in [0.2, 0.25) is 0 Å². The fraction of sp³-hybridized carbons (Fsp3) is 0.545. The van der Waals surface area contributed by atoms with E-state index in [-0.39, 0.29) is 29.9 Å². The Kier molecular flexibility index (Phi) is 4.30. The molecule has 0 radical (unpaired) electrons. The highest BCUT2D eigenvalue weighted by molar-refractivity contribution is 5.95. The van der Waals surface area contributed by atoms with E-state index in [0.717, 1.165) is 0 Å². The molecule has 0 saturated heterocycles. The summed E-state index contributed by atoms with van der Waals surface area (Å²) in [6.07, 6.45) is 1.42. The van der Waals surface area contributed by atoms with E-state index in [9.17, 15) is 9.59 Å². The number of nitrogens with one attached hydrogen (secondary N) is 1. The molecule has 0 fully saturated rings. The third-order valence-electron chi connectivity index (χ3n) is 2.72. The molecule has 0 aliphatic rings. The molecular weight excluding hydrogens is 234 g/mol. The Morgan fingerprint density at radius 2 is 2.06 bits per heavy atom. The second-order valence-electron chi connectivity index (χ2n) is 4.60. The Balaban J connectivity index is 2.65. The van der Waals surface area contributed by atoms with Gasteiger partial charge in [-0.1, -0.05) is 13.8 Å². The minimum absolute atomic E-state index is 0.00847. The summed E-state index contributed by atoms with van der Waals surface area (Å²) in [6.45, 7) is 5.97. The number of hydrogen-bond acceptors (Lipinski definition) is 4. The van der Waals surface area contributed by atoms with E-state index in [1.807, 2.05) is 20.8 Å². The topological polar surface area (TPSA) is 116 Å². The lowest BCUT2D eigenvalue weighted by Gasteiger charge is -2.17. The quantitative estimate of drug-likeness (QED) is 0.669. The number of aromatic nitrogens is 2. The highest BCUT2D eigenvalue weighted by Gasteiger charge is 2.15. The van der Waals surface area contributed by atoms with Crippen LogP contribution in [-0.2, 0) is 11.3 Å². The van der Waals surface area contributed by atoms with Gasteiger partial charge in [0.05, 0.1) is 5.69 Å². The predicted octanol–water partition coefficient (Wildman–Crippen LogP) is -0.275. The van der Waals surface area contributed by atoms with Crippen molar-refractivity contribution in [3.8, 4) is 0 Å². The number of anilines is 1. The second-order valence-corrected chi connectivity index (χ2v) is 4.60. The lowest BCUT2D eigenvalue weighted by Crippen LogP contribution is -2.38. The monoisotopic (exact) mass is 253 g/mol. The standard InChI is InChI=1S/C11H19N5O2/c1-6(2)7(3)14-9(17)5-16-4-8(12)10(15-16)11(13)18/h4,6-7H,5,12H2,1-3H3,(H2,13,18)(H,14,17). The SMILES string of the molecule is CC(C)C(C)NC(=O)Cn1cc(N)c(C(N)=O)n1. The van der Waals surface area contributed by atoms with Crippen LogP contribution in [0.25, 0.3) is 0 Å². The first-order chi connectivity index (χ1) is 8.31. The van der Waals surface area contributed by atoms with Gasteiger partial charge in [0.15, 0.2) is 5.69 Å². The molecule has 0 aliphatic heterocycles. The largest absolute Gasteiger partial charge is 0.396 e. The van der Waals surface area contributed by atoms with Gasteiger partial charge in [-0.25, -0.2) is 0 Å². The number of hydrogen-bond donors (Lipinski definition) is 3. The van der Waals surface area contributed by atoms with Crippen LogP contribution >= 0.6 is 0 Å². The molecule has 1 aromatic heterocycles. The molecule has 0 aliphatic carbocycles. The van der Waals surface area contributed by atoms with Crippen molar-refractivity contribution < 1.29 is 9.59 Å². The van der Waals surface area contributed by atoms with Crippen LogP contribution in [0.15, 0.2) is 6.20 Å². The Morgan fingerprint density at radius 3 is 2.50 bits per heavy atom. The maximum atomic E-state index is 11.7. The van der Waals surface area contributed by atoms with Crippen LogP contribution in [0, 0.1) is 5.92 Å². The normalized spacial score (nSPS) is 12.4. The summed E-state index contributed by atoms with van der Waals surface area (Å²) >= 11 is 0. The van der Waals surface area contributed by atoms with E-state index in [2.05, 4.69) is 10.4 Å². The van der Waals surface area contributed by atoms with Gasteiger partial charge in [-0.3, -0.25) is 14.3 Å². The third-order valence-corrected chi connectivity index (χ3v) is 2.72. The molecule has 1 heterocycles. The van der Waals surface area contributed by atoms with E-state index in [1.165, 1.54) is 10.9 Å². The maximum Gasteiger partial charge on any atom is 0.271 e. The van der Waals surface area contributed by atoms with Gasteiger partial charge in [-0.2, -0.15) is 5.10 Å². The van der Waals surface area contributed by atoms with Gasteiger partial charge in [-0.05, 0) is 12.8 Å². The van der Waals surface area contributed by atoms with Crippen molar-refractivity contribution in [2.45, 2.75) is 33.4 Å². The molecule has 0 bridgehead atoms. The number of primary amides is 1. The van der Waals surface area contributed by atoms with E-state index in [0.29, 0.717) is 5.92 Å². The summed E-state index contributed by atoms with van der Waals surface area (Å²) in [7, 11) is 0. The summed E-state index contributed by atoms with van der Waals surface area (Å²) in [4.78, 5) is 22.6. The average molecular weight is 253 g/mol. The zero-order valence-electron chi connectivity index (χ0n) is 10.8. The summed E-state index contributed by atoms with van der Waals surface area (Å²) in [5.74, 6) is -0.547. The fourth-order valence-corrected chi connectivity index (χ4v) is 1.32. The van der Waals surface area contributed by atoms with Gasteiger partial charge in [0.25, 0.3) is 5.91 Å². The summed E-state index contributed by atoms with van der Waals surface area (Å²) in [6, 6.07) is 0.0704. The molecule has 0 spiro atoms. The van der Waals surface area contributed by atoms with Crippen molar-refractivity contribution in [1.82, 2.24) is 15.1 Å². The minimum Gasteiger partial charge on any atom is -0.396 e. The van der Waals surface area contributed by atoms with Crippen LogP contribution in [0.5, 0.6) is 0 Å². The number of carbonyl (C=O) groups is 2. The van der Waals surface area contributed by atoms with E-state index >= 15 is 0 Å². The first kappa shape index (κ1) is 14.0. The van der Waals surface area contributed by atoms with Gasteiger partial charge in [-0.15, -0.1) is 0 Å². The number of amides is 2. The van der Waals surface area contributed by atoms with Gasteiger partial charge >= 0.3 is 0 Å². The molecule has 1 atom stereocenters. The van der Waals surface area contributed by atoms with Crippen LogP contribution in [0.4, 0.5) is 5.69 Å². The molecule has 0 aromatic carbocycles. The van der Waals surface area contributed by atoms with Crippen molar-refractivity contribution >= 4 is 17.5 Å². The molecule has 0 saturated carbocycles. The predicted molar refractivity (Wildman–Crippen MR) is 67.6 cm³/mol. The maximum absolute atomic E-state index is 11.7. The molecule has 7 heteroatoms. The highest BCUT2D eigenvalue weighted by atomic mass is 16.2. The summed E-state index contributed by atoms with van der Waals surface area (Å²) < 4.78 is 1.30. The van der Waals surface area contributed by atoms with Crippen LogP contribution in [0.1, 0.15) is 31.3 Å². The highest BCUT2D eigenvalue weighted by Crippen LogP contribution is 2.07. The van der Waals surface area contributed by atoms with Gasteiger partial charge < -0.3 is 16.8 Å². The molecule has 2 amide bonds. The third kappa shape index (κ3) is 3.47. The van der Waals surface area contributed by atoms with Crippen molar-refractivity contribution in [3.63, 3.8) is 0 Å². The fourth-order valence-electron chi connectivity index (χ4n) is 1.32. The Hall–Kier alpha value is -2.05. The molecule has 100 valence electrons. The van der Waals surface area contributed by atoms with Crippen LogP contribution < -0.4 is 16.8 Å². The molecule has 1 unspecified atom stereocenters. The van der Waals surface area contributed by atoms with E-state index in [4.69, 9.17) is 11.5 Å².